The Labute approximate surface area is 277 Å². The summed E-state index contributed by atoms with van der Waals surface area (Å²) in [5.41, 5.74) is -1.42. The van der Waals surface area contributed by atoms with Crippen molar-refractivity contribution in [3.8, 4) is 0 Å². The van der Waals surface area contributed by atoms with Gasteiger partial charge < -0.3 is 30.2 Å². The lowest BCUT2D eigenvalue weighted by Gasteiger charge is -2.28. The van der Waals surface area contributed by atoms with E-state index in [1.807, 2.05) is 0 Å². The largest absolute Gasteiger partial charge is 0.460 e. The first-order valence-corrected chi connectivity index (χ1v) is 17.0. The molecule has 13 nitrogen and oxygen atoms in total. The molecule has 0 aromatic heterocycles. The highest BCUT2D eigenvalue weighted by molar-refractivity contribution is 7.93. The number of alkyl carbamates (subject to hydrolysis) is 1. The van der Waals surface area contributed by atoms with E-state index in [1.165, 1.54) is 6.08 Å². The van der Waals surface area contributed by atoms with E-state index in [4.69, 9.17) is 14.2 Å². The monoisotopic (exact) mass is 679 g/mol. The predicted molar refractivity (Wildman–Crippen MR) is 176 cm³/mol. The summed E-state index contributed by atoms with van der Waals surface area (Å²) < 4.78 is 39.5. The van der Waals surface area contributed by atoms with Crippen LogP contribution in [0.3, 0.4) is 0 Å². The molecule has 0 aliphatic heterocycles. The average molecular weight is 680 g/mol. The maximum absolute atomic E-state index is 13.6. The van der Waals surface area contributed by atoms with Crippen LogP contribution < -0.4 is 16.0 Å². The zero-order valence-electron chi connectivity index (χ0n) is 28.7. The van der Waals surface area contributed by atoms with E-state index >= 15 is 0 Å². The van der Waals surface area contributed by atoms with Gasteiger partial charge in [0, 0.05) is 24.1 Å². The molecule has 3 amide bonds. The Balaban J connectivity index is 3.22. The molecule has 0 saturated heterocycles. The minimum absolute atomic E-state index is 0.00167. The highest BCUT2D eigenvalue weighted by Gasteiger charge is 2.35. The van der Waals surface area contributed by atoms with Crippen LogP contribution in [0.5, 0.6) is 0 Å². The third kappa shape index (κ3) is 17.3. The van der Waals surface area contributed by atoms with E-state index in [1.54, 1.807) is 85.7 Å². The van der Waals surface area contributed by atoms with Gasteiger partial charge in [-0.3, -0.25) is 14.4 Å². The van der Waals surface area contributed by atoms with Gasteiger partial charge in [-0.15, -0.1) is 0 Å². The van der Waals surface area contributed by atoms with Crippen molar-refractivity contribution in [3.63, 3.8) is 0 Å². The number of ether oxygens (including phenoxy) is 3. The number of rotatable bonds is 15. The molecule has 0 spiro atoms. The molecule has 1 rings (SSSR count). The minimum atomic E-state index is -3.58. The molecule has 0 radical (unpaired) electrons. The normalized spacial score (nSPS) is 14.0. The van der Waals surface area contributed by atoms with E-state index in [0.717, 1.165) is 11.7 Å². The Morgan fingerprint density at radius 1 is 0.872 bits per heavy atom. The summed E-state index contributed by atoms with van der Waals surface area (Å²) in [7, 11) is -3.58. The number of esters is 2. The maximum Gasteiger partial charge on any atom is 0.408 e. The van der Waals surface area contributed by atoms with Gasteiger partial charge in [0.05, 0.1) is 5.57 Å². The number of sulfone groups is 1. The van der Waals surface area contributed by atoms with Crippen molar-refractivity contribution < 1.29 is 46.6 Å². The van der Waals surface area contributed by atoms with Crippen molar-refractivity contribution >= 4 is 39.7 Å². The van der Waals surface area contributed by atoms with Crippen LogP contribution >= 0.6 is 0 Å². The highest BCUT2D eigenvalue weighted by Crippen LogP contribution is 2.15. The first-order chi connectivity index (χ1) is 21.5. The fourth-order valence-corrected chi connectivity index (χ4v) is 4.29. The summed E-state index contributed by atoms with van der Waals surface area (Å²) in [5.74, 6) is -3.70. The number of nitrogens with one attached hydrogen (secondary N) is 3. The molecule has 3 unspecified atom stereocenters. The molecular weight excluding hydrogens is 630 g/mol. The van der Waals surface area contributed by atoms with Crippen molar-refractivity contribution in [1.82, 2.24) is 16.0 Å². The molecule has 47 heavy (non-hydrogen) atoms. The maximum atomic E-state index is 13.6. The molecule has 14 heteroatoms. The standard InChI is InChI=1S/C33H49N3O10S/c1-21(2)26(28(38)34-24(18-19-47(10,42)43)16-17-25(37)45-32(4,5)6)35-29(39)27(22(3)30(40)46-33(7,8)9)36-31(41)44-20-23-14-12-11-13-15-23/h11-15,18-19,21,24,26-27H,3,16-17,20H2,1-2,4-10H3,(H,34,38)(H,35,39)(H,36,41). The Bertz CT molecular complexity index is 1410. The van der Waals surface area contributed by atoms with Crippen molar-refractivity contribution in [2.24, 2.45) is 5.92 Å². The second-order valence-corrected chi connectivity index (χ2v) is 15.2. The smallest absolute Gasteiger partial charge is 0.408 e. The Morgan fingerprint density at radius 2 is 1.45 bits per heavy atom. The molecule has 1 aromatic carbocycles. The van der Waals surface area contributed by atoms with Gasteiger partial charge in [-0.05, 0) is 59.4 Å². The molecule has 0 aliphatic carbocycles. The van der Waals surface area contributed by atoms with Crippen molar-refractivity contribution in [2.75, 3.05) is 6.26 Å². The lowest BCUT2D eigenvalue weighted by molar-refractivity contribution is -0.155. The number of carbonyl (C=O) groups excluding carboxylic acids is 5. The summed E-state index contributed by atoms with van der Waals surface area (Å²) in [4.78, 5) is 65.0. The van der Waals surface area contributed by atoms with Crippen molar-refractivity contribution in [3.05, 3.63) is 59.5 Å². The zero-order chi connectivity index (χ0) is 36.2. The second kappa shape index (κ2) is 17.6. The first kappa shape index (κ1) is 40.8. The molecule has 0 fully saturated rings. The number of hydrogen-bond acceptors (Lipinski definition) is 10. The van der Waals surface area contributed by atoms with Gasteiger partial charge in [0.25, 0.3) is 0 Å². The molecule has 0 heterocycles. The summed E-state index contributed by atoms with van der Waals surface area (Å²) in [6, 6.07) is 4.93. The number of amides is 3. The third-order valence-electron chi connectivity index (χ3n) is 5.96. The van der Waals surface area contributed by atoms with Gasteiger partial charge in [-0.2, -0.15) is 0 Å². The predicted octanol–water partition coefficient (Wildman–Crippen LogP) is 3.49. The fourth-order valence-electron chi connectivity index (χ4n) is 3.82. The molecule has 0 aliphatic rings. The number of carbonyl (C=O) groups is 5. The number of benzene rings is 1. The number of hydrogen-bond donors (Lipinski definition) is 3. The van der Waals surface area contributed by atoms with Crippen molar-refractivity contribution in [1.29, 1.82) is 0 Å². The molecule has 1 aromatic rings. The Morgan fingerprint density at radius 3 is 1.96 bits per heavy atom. The molecule has 262 valence electrons. The van der Waals surface area contributed by atoms with Gasteiger partial charge in [0.15, 0.2) is 9.84 Å². The van der Waals surface area contributed by atoms with Crippen LogP contribution in [-0.4, -0.2) is 73.8 Å². The van der Waals surface area contributed by atoms with E-state index in [9.17, 15) is 32.4 Å². The van der Waals surface area contributed by atoms with Crippen LogP contribution in [0.2, 0.25) is 0 Å². The summed E-state index contributed by atoms with van der Waals surface area (Å²) in [5, 5.41) is 8.44. The summed E-state index contributed by atoms with van der Waals surface area (Å²) in [6.07, 6.45) is 1.04. The quantitative estimate of drug-likeness (QED) is 0.141. The molecule has 3 N–H and O–H groups in total. The van der Waals surface area contributed by atoms with E-state index in [0.29, 0.717) is 5.56 Å². The van der Waals surface area contributed by atoms with Gasteiger partial charge in [0.2, 0.25) is 11.8 Å². The third-order valence-corrected chi connectivity index (χ3v) is 6.61. The Hall–Kier alpha value is -4.20. The fraction of sp³-hybridized carbons (Fsp3) is 0.545. The van der Waals surface area contributed by atoms with E-state index in [2.05, 4.69) is 22.5 Å². The Kier molecular flexibility index (Phi) is 15.3. The van der Waals surface area contributed by atoms with Gasteiger partial charge in [-0.25, -0.2) is 18.0 Å². The van der Waals surface area contributed by atoms with Crippen LogP contribution in [0.1, 0.15) is 73.8 Å². The first-order valence-electron chi connectivity index (χ1n) is 15.1. The topological polar surface area (TPSA) is 183 Å². The van der Waals surface area contributed by atoms with Crippen LogP contribution in [0, 0.1) is 5.92 Å². The van der Waals surface area contributed by atoms with Crippen LogP contribution in [0.4, 0.5) is 4.79 Å². The molecule has 0 saturated carbocycles. The molecule has 0 bridgehead atoms. The van der Waals surface area contributed by atoms with Crippen LogP contribution in [0.15, 0.2) is 54.0 Å². The zero-order valence-corrected chi connectivity index (χ0v) is 29.5. The van der Waals surface area contributed by atoms with Crippen LogP contribution in [0.25, 0.3) is 0 Å². The van der Waals surface area contributed by atoms with Gasteiger partial charge in [-0.1, -0.05) is 56.8 Å². The second-order valence-electron chi connectivity index (χ2n) is 13.3. The summed E-state index contributed by atoms with van der Waals surface area (Å²) in [6.45, 7) is 16.8. The van der Waals surface area contributed by atoms with E-state index < -0.39 is 80.5 Å². The molecule has 3 atom stereocenters. The van der Waals surface area contributed by atoms with Gasteiger partial charge in [0.1, 0.15) is 29.9 Å². The highest BCUT2D eigenvalue weighted by atomic mass is 32.2. The van der Waals surface area contributed by atoms with Crippen molar-refractivity contribution in [2.45, 2.75) is 104 Å². The average Bonchev–Trinajstić information content (AvgIpc) is 2.92. The molecular formula is C33H49N3O10S. The lowest BCUT2D eigenvalue weighted by atomic mass is 10.0. The SMILES string of the molecule is C=C(C(=O)OC(C)(C)C)C(NC(=O)OCc1ccccc1)C(=O)NC(C(=O)NC(C=CS(C)(=O)=O)CCC(=O)OC(C)(C)C)C(C)C. The van der Waals surface area contributed by atoms with Gasteiger partial charge >= 0.3 is 18.0 Å². The van der Waals surface area contributed by atoms with Crippen LogP contribution in [-0.2, 0) is 49.8 Å². The lowest BCUT2D eigenvalue weighted by Crippen LogP contribution is -2.57. The minimum Gasteiger partial charge on any atom is -0.460 e. The summed E-state index contributed by atoms with van der Waals surface area (Å²) >= 11 is 0. The van der Waals surface area contributed by atoms with E-state index in [-0.39, 0.29) is 19.4 Å².